The van der Waals surface area contributed by atoms with Crippen LogP contribution in [0.5, 0.6) is 0 Å². The zero-order chi connectivity index (χ0) is 14.5. The van der Waals surface area contributed by atoms with E-state index < -0.39 is 5.97 Å². The average Bonchev–Trinajstić information content (AvgIpc) is 2.80. The van der Waals surface area contributed by atoms with Gasteiger partial charge in [-0.15, -0.1) is 0 Å². The van der Waals surface area contributed by atoms with Crippen molar-refractivity contribution in [2.24, 2.45) is 11.3 Å². The number of rotatable bonds is 6. The number of amides is 2. The molecule has 1 heterocycles. The van der Waals surface area contributed by atoms with Crippen LogP contribution in [0.4, 0.5) is 4.79 Å². The molecular formula is C14H26N2O3. The first-order valence-corrected chi connectivity index (χ1v) is 7.17. The Morgan fingerprint density at radius 2 is 2.00 bits per heavy atom. The normalized spacial score (nSPS) is 19.2. The Balaban J connectivity index is 2.37. The molecule has 0 saturated carbocycles. The number of hydrogen-bond acceptors (Lipinski definition) is 2. The highest BCUT2D eigenvalue weighted by Crippen LogP contribution is 2.36. The van der Waals surface area contributed by atoms with E-state index >= 15 is 0 Å². The van der Waals surface area contributed by atoms with Crippen molar-refractivity contribution in [2.75, 3.05) is 19.6 Å². The van der Waals surface area contributed by atoms with Crippen molar-refractivity contribution < 1.29 is 14.7 Å². The second-order valence-corrected chi connectivity index (χ2v) is 5.77. The molecule has 0 aliphatic carbocycles. The van der Waals surface area contributed by atoms with Gasteiger partial charge < -0.3 is 15.3 Å². The molecule has 5 nitrogen and oxygen atoms in total. The number of nitrogens with zero attached hydrogens (tertiary/aromatic N) is 1. The number of carbonyl (C=O) groups excluding carboxylic acids is 1. The van der Waals surface area contributed by atoms with Crippen LogP contribution < -0.4 is 5.32 Å². The lowest BCUT2D eigenvalue weighted by Gasteiger charge is -2.26. The molecule has 2 N–H and O–H groups in total. The molecular weight excluding hydrogens is 244 g/mol. The fourth-order valence-corrected chi connectivity index (χ4v) is 2.68. The maximum absolute atomic E-state index is 12.0. The molecule has 1 aliphatic heterocycles. The van der Waals surface area contributed by atoms with Crippen LogP contribution in [-0.2, 0) is 4.79 Å². The lowest BCUT2D eigenvalue weighted by Crippen LogP contribution is -2.41. The summed E-state index contributed by atoms with van der Waals surface area (Å²) in [6, 6.07) is -0.0546. The summed E-state index contributed by atoms with van der Waals surface area (Å²) in [5.74, 6) is -0.856. The topological polar surface area (TPSA) is 69.6 Å². The highest BCUT2D eigenvalue weighted by Gasteiger charge is 2.36. The first-order chi connectivity index (χ1) is 8.92. The van der Waals surface area contributed by atoms with Crippen LogP contribution in [0, 0.1) is 11.3 Å². The molecule has 1 saturated heterocycles. The molecule has 1 fully saturated rings. The summed E-state index contributed by atoms with van der Waals surface area (Å²) in [4.78, 5) is 24.4. The second-order valence-electron chi connectivity index (χ2n) is 5.77. The van der Waals surface area contributed by atoms with Crippen LogP contribution in [0.2, 0.25) is 0 Å². The molecule has 0 spiro atoms. The molecule has 110 valence electrons. The summed E-state index contributed by atoms with van der Waals surface area (Å²) in [6.45, 7) is 8.24. The Kier molecular flexibility index (Phi) is 5.63. The minimum absolute atomic E-state index is 0.0360. The van der Waals surface area contributed by atoms with Gasteiger partial charge in [0.1, 0.15) is 0 Å². The molecule has 1 rings (SSSR count). The van der Waals surface area contributed by atoms with Crippen LogP contribution in [0.15, 0.2) is 0 Å². The average molecular weight is 270 g/mol. The Morgan fingerprint density at radius 3 is 2.47 bits per heavy atom. The van der Waals surface area contributed by atoms with Gasteiger partial charge in [-0.3, -0.25) is 4.79 Å². The van der Waals surface area contributed by atoms with E-state index in [1.165, 1.54) is 0 Å². The summed E-state index contributed by atoms with van der Waals surface area (Å²) in [6.07, 6.45) is 3.36. The molecule has 0 aromatic rings. The van der Waals surface area contributed by atoms with Gasteiger partial charge in [0.2, 0.25) is 0 Å². The fourth-order valence-electron chi connectivity index (χ4n) is 2.68. The van der Waals surface area contributed by atoms with Gasteiger partial charge in [-0.25, -0.2) is 4.79 Å². The summed E-state index contributed by atoms with van der Waals surface area (Å²) in [7, 11) is 0. The minimum Gasteiger partial charge on any atom is -0.481 e. The number of carbonyl (C=O) groups is 2. The Labute approximate surface area is 115 Å². The summed E-state index contributed by atoms with van der Waals surface area (Å²) in [5.41, 5.74) is 0.282. The summed E-state index contributed by atoms with van der Waals surface area (Å²) in [5, 5.41) is 11.5. The zero-order valence-electron chi connectivity index (χ0n) is 12.2. The zero-order valence-corrected chi connectivity index (χ0v) is 12.2. The van der Waals surface area contributed by atoms with Gasteiger partial charge in [-0.05, 0) is 30.6 Å². The van der Waals surface area contributed by atoms with Crippen molar-refractivity contribution in [1.29, 1.82) is 0 Å². The van der Waals surface area contributed by atoms with Crippen LogP contribution in [0.1, 0.15) is 46.5 Å². The van der Waals surface area contributed by atoms with Crippen molar-refractivity contribution in [3.8, 4) is 0 Å². The number of likely N-dealkylation sites (tertiary alicyclic amines) is 1. The van der Waals surface area contributed by atoms with Gasteiger partial charge in [0, 0.05) is 26.1 Å². The van der Waals surface area contributed by atoms with E-state index in [0.29, 0.717) is 6.54 Å². The maximum Gasteiger partial charge on any atom is 0.317 e. The van der Waals surface area contributed by atoms with Gasteiger partial charge in [-0.2, -0.15) is 0 Å². The molecule has 0 aromatic carbocycles. The minimum atomic E-state index is -0.820. The number of hydrogen-bond donors (Lipinski definition) is 2. The quantitative estimate of drug-likeness (QED) is 0.778. The first-order valence-electron chi connectivity index (χ1n) is 7.17. The Morgan fingerprint density at radius 1 is 1.37 bits per heavy atom. The van der Waals surface area contributed by atoms with Gasteiger partial charge in [0.15, 0.2) is 0 Å². The largest absolute Gasteiger partial charge is 0.481 e. The van der Waals surface area contributed by atoms with Crippen molar-refractivity contribution in [3.05, 3.63) is 0 Å². The Hall–Kier alpha value is -1.26. The smallest absolute Gasteiger partial charge is 0.317 e. The fraction of sp³-hybridized carbons (Fsp3) is 0.857. The van der Waals surface area contributed by atoms with E-state index in [2.05, 4.69) is 19.2 Å². The number of nitrogens with one attached hydrogen (secondary N) is 1. The third kappa shape index (κ3) is 4.40. The first kappa shape index (κ1) is 15.8. The SMILES string of the molecule is CCC1(CC)CCN(C(=O)NCC(C)CC(=O)O)C1. The molecule has 1 atom stereocenters. The number of carboxylic acid groups (broad SMARTS) is 1. The van der Waals surface area contributed by atoms with Gasteiger partial charge in [0.05, 0.1) is 0 Å². The van der Waals surface area contributed by atoms with Crippen LogP contribution in [-0.4, -0.2) is 41.6 Å². The van der Waals surface area contributed by atoms with E-state index in [1.54, 1.807) is 0 Å². The molecule has 5 heteroatoms. The van der Waals surface area contributed by atoms with Crippen molar-refractivity contribution in [3.63, 3.8) is 0 Å². The van der Waals surface area contributed by atoms with E-state index in [0.717, 1.165) is 32.4 Å². The molecule has 19 heavy (non-hydrogen) atoms. The molecule has 1 aliphatic rings. The predicted molar refractivity (Wildman–Crippen MR) is 74.0 cm³/mol. The van der Waals surface area contributed by atoms with E-state index in [1.807, 2.05) is 11.8 Å². The van der Waals surface area contributed by atoms with Crippen molar-refractivity contribution in [1.82, 2.24) is 10.2 Å². The van der Waals surface area contributed by atoms with E-state index in [-0.39, 0.29) is 23.8 Å². The highest BCUT2D eigenvalue weighted by molar-refractivity contribution is 5.74. The lowest BCUT2D eigenvalue weighted by molar-refractivity contribution is -0.137. The molecule has 1 unspecified atom stereocenters. The monoisotopic (exact) mass is 270 g/mol. The molecule has 2 amide bonds. The third-order valence-electron chi connectivity index (χ3n) is 4.35. The standard InChI is InChI=1S/C14H26N2O3/c1-4-14(5-2)6-7-16(10-14)13(19)15-9-11(3)8-12(17)18/h11H,4-10H2,1-3H3,(H,15,19)(H,17,18). The van der Waals surface area contributed by atoms with Crippen LogP contribution in [0.3, 0.4) is 0 Å². The van der Waals surface area contributed by atoms with Crippen molar-refractivity contribution >= 4 is 12.0 Å². The molecule has 0 bridgehead atoms. The summed E-state index contributed by atoms with van der Waals surface area (Å²) < 4.78 is 0. The van der Waals surface area contributed by atoms with E-state index in [9.17, 15) is 9.59 Å². The van der Waals surface area contributed by atoms with Gasteiger partial charge >= 0.3 is 12.0 Å². The number of urea groups is 1. The van der Waals surface area contributed by atoms with Crippen LogP contribution >= 0.6 is 0 Å². The molecule has 0 radical (unpaired) electrons. The summed E-state index contributed by atoms with van der Waals surface area (Å²) >= 11 is 0. The van der Waals surface area contributed by atoms with Crippen LogP contribution in [0.25, 0.3) is 0 Å². The Bertz CT molecular complexity index is 327. The van der Waals surface area contributed by atoms with Gasteiger partial charge in [-0.1, -0.05) is 20.8 Å². The van der Waals surface area contributed by atoms with E-state index in [4.69, 9.17) is 5.11 Å². The number of aliphatic carboxylic acids is 1. The van der Waals surface area contributed by atoms with Gasteiger partial charge in [0.25, 0.3) is 0 Å². The third-order valence-corrected chi connectivity index (χ3v) is 4.35. The molecule has 0 aromatic heterocycles. The second kappa shape index (κ2) is 6.78. The highest BCUT2D eigenvalue weighted by atomic mass is 16.4. The van der Waals surface area contributed by atoms with Crippen molar-refractivity contribution in [2.45, 2.75) is 46.5 Å². The lowest BCUT2D eigenvalue weighted by atomic mass is 9.82. The maximum atomic E-state index is 12.0. The predicted octanol–water partition coefficient (Wildman–Crippen LogP) is 2.32. The number of carboxylic acids is 1.